The molecule has 0 amide bonds. The monoisotopic (exact) mass is 110 g/mol. The Kier molecular flexibility index (Phi) is 4.37. The standard InChI is InChI=1S/C6H13BN/c1-3-5-8(7)6-4-2/h3-4H,1-2,5-6H2,7H3/q-1. The zero-order valence-electron chi connectivity index (χ0n) is 4.43. The van der Waals surface area contributed by atoms with Crippen molar-refractivity contribution >= 4 is 7.98 Å². The average molecular weight is 110 g/mol. The van der Waals surface area contributed by atoms with E-state index in [4.69, 9.17) is 0 Å². The van der Waals surface area contributed by atoms with E-state index >= 15 is 0 Å². The van der Waals surface area contributed by atoms with Gasteiger partial charge in [-0.2, -0.15) is 0 Å². The molecule has 0 aliphatic heterocycles. The molecule has 0 radical (unpaired) electrons. The Bertz CT molecular complexity index is 70.6. The van der Waals surface area contributed by atoms with Gasteiger partial charge in [0.2, 0.25) is 0 Å². The first kappa shape index (κ1) is 7.50. The Labute approximate surface area is 52.1 Å². The molecule has 0 saturated carbocycles. The summed E-state index contributed by atoms with van der Waals surface area (Å²) in [5, 5.41) is 0. The second kappa shape index (κ2) is 4.66. The third kappa shape index (κ3) is 3.69. The third-order valence-corrected chi connectivity index (χ3v) is 0.516. The molecule has 0 fully saturated rings. The molecular formula is C6H13BN-. The molecule has 0 saturated heterocycles. The lowest BCUT2D eigenvalue weighted by atomic mass is 10.3. The lowest BCUT2D eigenvalue weighted by Crippen LogP contribution is -2.19. The molecule has 46 valence electrons. The minimum atomic E-state index is 0.354. The van der Waals surface area contributed by atoms with Gasteiger partial charge in [0.1, 0.15) is 0 Å². The predicted octanol–water partition coefficient (Wildman–Crippen LogP) is -0.0592. The van der Waals surface area contributed by atoms with Crippen molar-refractivity contribution in [2.45, 2.75) is 0 Å². The minimum absolute atomic E-state index is 0.354. The quantitative estimate of drug-likeness (QED) is 0.362. The summed E-state index contributed by atoms with van der Waals surface area (Å²) in [5.41, 5.74) is 0. The van der Waals surface area contributed by atoms with Crippen molar-refractivity contribution in [3.63, 3.8) is 0 Å². The van der Waals surface area contributed by atoms with Crippen molar-refractivity contribution in [1.82, 2.24) is 4.81 Å². The maximum Gasteiger partial charge on any atom is 0.0153 e. The largest absolute Gasteiger partial charge is 0.478 e. The summed E-state index contributed by atoms with van der Waals surface area (Å²) < 4.78 is 0. The van der Waals surface area contributed by atoms with E-state index in [9.17, 15) is 0 Å². The zero-order chi connectivity index (χ0) is 6.41. The van der Waals surface area contributed by atoms with Gasteiger partial charge in [-0.25, -0.2) is 0 Å². The Balaban J connectivity index is 3.16. The van der Waals surface area contributed by atoms with Crippen molar-refractivity contribution in [1.29, 1.82) is 0 Å². The second-order valence-corrected chi connectivity index (χ2v) is 1.17. The van der Waals surface area contributed by atoms with Gasteiger partial charge in [0.05, 0.1) is 0 Å². The normalized spacial score (nSPS) is 9.25. The summed E-state index contributed by atoms with van der Waals surface area (Å²) in [6.45, 7) is 9.39. The lowest BCUT2D eigenvalue weighted by Gasteiger charge is -2.17. The SMILES string of the molecule is [BH3-]N(CC=C)CC=C. The van der Waals surface area contributed by atoms with Crippen LogP contribution in [-0.4, -0.2) is 25.9 Å². The van der Waals surface area contributed by atoms with E-state index in [-0.39, 0.29) is 0 Å². The van der Waals surface area contributed by atoms with Gasteiger partial charge in [-0.05, 0) is 13.1 Å². The fourth-order valence-corrected chi connectivity index (χ4v) is 0.257. The van der Waals surface area contributed by atoms with Crippen LogP contribution >= 0.6 is 0 Å². The second-order valence-electron chi connectivity index (χ2n) is 1.17. The van der Waals surface area contributed by atoms with Crippen LogP contribution in [-0.2, 0) is 0 Å². The van der Waals surface area contributed by atoms with Gasteiger partial charge in [0.15, 0.2) is 0 Å². The van der Waals surface area contributed by atoms with E-state index in [0.29, 0.717) is 7.98 Å². The predicted molar refractivity (Wildman–Crippen MR) is 41.9 cm³/mol. The molecule has 0 aromatic heterocycles. The molecule has 0 heterocycles. The van der Waals surface area contributed by atoms with Gasteiger partial charge in [-0.1, -0.05) is 12.2 Å². The molecule has 0 rings (SSSR count). The Morgan fingerprint density at radius 1 is 1.25 bits per heavy atom. The molecule has 0 N–H and O–H groups in total. The molecule has 0 spiro atoms. The number of nitrogens with zero attached hydrogens (tertiary/aromatic N) is 1. The summed E-state index contributed by atoms with van der Waals surface area (Å²) in [7, 11) is 0.354. The topological polar surface area (TPSA) is 3.24 Å². The number of hydrogen-bond donors (Lipinski definition) is 0. The van der Waals surface area contributed by atoms with E-state index in [1.807, 2.05) is 12.2 Å². The molecular weight excluding hydrogens is 96.9 g/mol. The summed E-state index contributed by atoms with van der Waals surface area (Å²) in [6, 6.07) is 0. The van der Waals surface area contributed by atoms with Crippen molar-refractivity contribution in [3.8, 4) is 0 Å². The first-order chi connectivity index (χ1) is 3.81. The van der Waals surface area contributed by atoms with Crippen molar-refractivity contribution in [3.05, 3.63) is 25.3 Å². The molecule has 0 aliphatic carbocycles. The Morgan fingerprint density at radius 2 is 1.62 bits per heavy atom. The summed E-state index contributed by atoms with van der Waals surface area (Å²) in [4.78, 5) is 2.38. The van der Waals surface area contributed by atoms with Crippen LogP contribution in [0.5, 0.6) is 0 Å². The van der Waals surface area contributed by atoms with Crippen molar-refractivity contribution in [2.75, 3.05) is 13.1 Å². The molecule has 0 unspecified atom stereocenters. The number of rotatable bonds is 4. The highest BCUT2D eigenvalue weighted by Gasteiger charge is 1.79. The van der Waals surface area contributed by atoms with E-state index in [2.05, 4.69) is 18.0 Å². The maximum absolute atomic E-state index is 3.65. The maximum atomic E-state index is 3.65. The van der Waals surface area contributed by atoms with Crippen LogP contribution < -0.4 is 0 Å². The van der Waals surface area contributed by atoms with Gasteiger partial charge in [0, 0.05) is 7.98 Å². The highest BCUT2D eigenvalue weighted by molar-refractivity contribution is 6.04. The minimum Gasteiger partial charge on any atom is -0.478 e. The zero-order valence-corrected chi connectivity index (χ0v) is 4.43. The highest BCUT2D eigenvalue weighted by atomic mass is 15.0. The van der Waals surface area contributed by atoms with Crippen LogP contribution in [0.3, 0.4) is 0 Å². The summed E-state index contributed by atoms with van der Waals surface area (Å²) in [5.74, 6) is 0. The lowest BCUT2D eigenvalue weighted by molar-refractivity contribution is 0.558. The smallest absolute Gasteiger partial charge is 0.0153 e. The Morgan fingerprint density at radius 3 is 1.88 bits per heavy atom. The fraction of sp³-hybridized carbons (Fsp3) is 0.333. The van der Waals surface area contributed by atoms with Crippen LogP contribution in [0.1, 0.15) is 0 Å². The molecule has 8 heavy (non-hydrogen) atoms. The first-order valence-corrected chi connectivity index (χ1v) is 2.27. The van der Waals surface area contributed by atoms with Gasteiger partial charge in [0.25, 0.3) is 0 Å². The van der Waals surface area contributed by atoms with Crippen LogP contribution in [0.15, 0.2) is 25.3 Å². The molecule has 0 aliphatic rings. The molecule has 0 atom stereocenters. The van der Waals surface area contributed by atoms with Crippen molar-refractivity contribution < 1.29 is 0 Å². The highest BCUT2D eigenvalue weighted by Crippen LogP contribution is 1.78. The first-order valence-electron chi connectivity index (χ1n) is 2.27. The van der Waals surface area contributed by atoms with E-state index in [0.717, 1.165) is 13.1 Å². The van der Waals surface area contributed by atoms with E-state index < -0.39 is 0 Å². The summed E-state index contributed by atoms with van der Waals surface area (Å²) in [6.07, 6.45) is 3.88. The average Bonchev–Trinajstić information content (AvgIpc) is 1.68. The molecule has 0 aromatic rings. The van der Waals surface area contributed by atoms with Crippen LogP contribution in [0.25, 0.3) is 0 Å². The Hall–Kier alpha value is -0.495. The van der Waals surface area contributed by atoms with Crippen LogP contribution in [0, 0.1) is 0 Å². The molecule has 1 nitrogen and oxygen atoms in total. The molecule has 0 bridgehead atoms. The summed E-state index contributed by atoms with van der Waals surface area (Å²) >= 11 is 0. The fourth-order valence-electron chi connectivity index (χ4n) is 0.257. The van der Waals surface area contributed by atoms with Gasteiger partial charge < -0.3 is 4.81 Å². The van der Waals surface area contributed by atoms with Crippen LogP contribution in [0.2, 0.25) is 0 Å². The van der Waals surface area contributed by atoms with E-state index in [1.165, 1.54) is 0 Å². The number of hydrogen-bond acceptors (Lipinski definition) is 1. The van der Waals surface area contributed by atoms with Gasteiger partial charge in [-0.3, -0.25) is 0 Å². The molecule has 0 aromatic carbocycles. The van der Waals surface area contributed by atoms with Gasteiger partial charge >= 0.3 is 0 Å². The van der Waals surface area contributed by atoms with Gasteiger partial charge in [-0.15, -0.1) is 13.2 Å². The van der Waals surface area contributed by atoms with Crippen molar-refractivity contribution in [2.24, 2.45) is 0 Å². The molecule has 2 heteroatoms. The van der Waals surface area contributed by atoms with Crippen LogP contribution in [0.4, 0.5) is 0 Å². The van der Waals surface area contributed by atoms with E-state index in [1.54, 1.807) is 0 Å². The third-order valence-electron chi connectivity index (χ3n) is 0.516.